The lowest BCUT2D eigenvalue weighted by atomic mass is 9.98. The van der Waals surface area contributed by atoms with Gasteiger partial charge in [-0.05, 0) is 108 Å². The molecule has 8 aliphatic rings. The highest BCUT2D eigenvalue weighted by Gasteiger charge is 2.34. The van der Waals surface area contributed by atoms with Crippen LogP contribution in [0.3, 0.4) is 0 Å². The maximum absolute atomic E-state index is 12.8. The lowest BCUT2D eigenvalue weighted by Crippen LogP contribution is -2.32. The van der Waals surface area contributed by atoms with Crippen molar-refractivity contribution < 1.29 is 103 Å². The molecule has 0 aliphatic carbocycles. The van der Waals surface area contributed by atoms with Crippen LogP contribution in [0.2, 0.25) is 0 Å². The Balaban J connectivity index is 0.000000117. The summed E-state index contributed by atoms with van der Waals surface area (Å²) in [6.45, 7) is 2.32. The van der Waals surface area contributed by atoms with E-state index in [1.54, 1.807) is 54.6 Å². The number of benzene rings is 5. The average molecular weight is 1070 g/mol. The Morgan fingerprint density at radius 3 is 1.46 bits per heavy atom. The number of hydrogen-bond acceptors (Lipinski definition) is 19. The minimum absolute atomic E-state index is 0.0236. The minimum atomic E-state index is -5.27. The van der Waals surface area contributed by atoms with E-state index in [9.17, 15) is 41.4 Å². The van der Waals surface area contributed by atoms with Gasteiger partial charge in [0.2, 0.25) is 51.2 Å². The van der Waals surface area contributed by atoms with Crippen LogP contribution >= 0.6 is 0 Å². The summed E-state index contributed by atoms with van der Waals surface area (Å²) in [4.78, 5) is 55.3. The van der Waals surface area contributed by atoms with Gasteiger partial charge in [0.05, 0.1) is 11.1 Å². The molecule has 5 aromatic carbocycles. The average Bonchev–Trinajstić information content (AvgIpc) is 4.29. The number of carboxylic acid groups (broad SMARTS) is 2. The van der Waals surface area contributed by atoms with Crippen LogP contribution in [0.5, 0.6) is 69.0 Å². The maximum Gasteiger partial charge on any atom is 0.488 e. The smallest absolute Gasteiger partial charge is 0.488 e. The second kappa shape index (κ2) is 22.3. The molecule has 8 aliphatic heterocycles. The van der Waals surface area contributed by atoms with E-state index in [4.69, 9.17) is 57.6 Å². The van der Waals surface area contributed by atoms with Gasteiger partial charge in [0.15, 0.2) is 51.7 Å². The lowest BCUT2D eigenvalue weighted by molar-refractivity contribution is -0.132. The Hall–Kier alpha value is -9.59. The van der Waals surface area contributed by atoms with Gasteiger partial charge in [0.1, 0.15) is 0 Å². The number of ether oxygens (including phenoxy) is 10. The zero-order chi connectivity index (χ0) is 53.5. The zero-order valence-electron chi connectivity index (χ0n) is 39.3. The Bertz CT molecular complexity index is 3270. The summed E-state index contributed by atoms with van der Waals surface area (Å²) in [7, 11) is -5.27. The molecule has 0 unspecified atom stereocenters. The fraction of sp³-hybridized carbons (Fsp3) is 0.220. The number of amides is 3. The fourth-order valence-electron chi connectivity index (χ4n) is 8.19. The molecule has 0 radical (unpaired) electrons. The number of carbonyl (C=O) groups excluding carboxylic acids is 3. The Kier molecular flexibility index (Phi) is 15.0. The molecule has 0 spiro atoms. The zero-order valence-corrected chi connectivity index (χ0v) is 40.2. The predicted octanol–water partition coefficient (Wildman–Crippen LogP) is 4.43. The van der Waals surface area contributed by atoms with Gasteiger partial charge in [-0.1, -0.05) is 16.0 Å². The molecule has 0 atom stereocenters. The summed E-state index contributed by atoms with van der Waals surface area (Å²) < 4.78 is 89.7. The van der Waals surface area contributed by atoms with E-state index in [0.29, 0.717) is 83.7 Å². The first kappa shape index (κ1) is 51.3. The van der Waals surface area contributed by atoms with Gasteiger partial charge in [-0.25, -0.2) is 9.59 Å². The van der Waals surface area contributed by atoms with Gasteiger partial charge >= 0.3 is 22.4 Å². The number of aromatic hydroxyl groups is 1. The molecule has 13 rings (SSSR count). The Morgan fingerprint density at radius 1 is 0.513 bits per heavy atom. The highest BCUT2D eigenvalue weighted by Crippen LogP contribution is 2.47. The molecule has 0 fully saturated rings. The lowest BCUT2D eigenvalue weighted by Gasteiger charge is -2.19. The van der Waals surface area contributed by atoms with Crippen molar-refractivity contribution in [2.45, 2.75) is 19.3 Å². The van der Waals surface area contributed by atoms with Crippen molar-refractivity contribution in [2.24, 2.45) is 0 Å². The quantitative estimate of drug-likeness (QED) is 0.101. The minimum Gasteiger partial charge on any atom is -0.504 e. The summed E-state index contributed by atoms with van der Waals surface area (Å²) in [5.74, 6) is 1.68. The van der Waals surface area contributed by atoms with Crippen molar-refractivity contribution >= 4 is 52.3 Å². The standard InChI is InChI=1S/C10H8FNO6S.C10H9NO4.C10H9NO3.2C10H8O4/c11-19(14,15)18-9-7-5(1-2-12-10(7)13)3-6-8(9)17-4-16-6;12-8-7-5(1-2-11-10(7)13)3-6-9(8)15-4-14-6;12-10-7-4-9-8(13-5-14-9)3-6(7)1-2-11-10;2*11-10(12)4-2-7-1-3-8-9(5-7)14-6-13-8/h3H,1-2,4H2,(H,12,13);3,12H,1-2,4H2,(H,11,13);3-4H,1-2,5H2,(H,11,12);2*1-5H,6H2,(H,11,12)/b;;;2*4-2+. The van der Waals surface area contributed by atoms with E-state index in [1.165, 1.54) is 12.2 Å². The first-order valence-corrected chi connectivity index (χ1v) is 24.0. The van der Waals surface area contributed by atoms with E-state index >= 15 is 0 Å². The molecule has 8 heterocycles. The van der Waals surface area contributed by atoms with Crippen LogP contribution in [0.1, 0.15) is 58.9 Å². The molecule has 24 nitrogen and oxygen atoms in total. The molecule has 0 bridgehead atoms. The molecule has 5 aromatic rings. The third-order valence-electron chi connectivity index (χ3n) is 11.6. The number of phenolic OH excluding ortho intramolecular Hbond substituents is 1. The second-order valence-corrected chi connectivity index (χ2v) is 17.3. The van der Waals surface area contributed by atoms with Crippen molar-refractivity contribution in [1.82, 2.24) is 16.0 Å². The van der Waals surface area contributed by atoms with E-state index in [1.807, 2.05) is 6.07 Å². The normalized spacial score (nSPS) is 15.8. The van der Waals surface area contributed by atoms with Gasteiger partial charge in [-0.15, -0.1) is 0 Å². The highest BCUT2D eigenvalue weighted by molar-refractivity contribution is 7.81. The van der Waals surface area contributed by atoms with Crippen molar-refractivity contribution in [2.75, 3.05) is 53.6 Å². The number of rotatable bonds is 6. The van der Waals surface area contributed by atoms with Crippen LogP contribution < -0.4 is 67.5 Å². The van der Waals surface area contributed by atoms with E-state index < -0.39 is 34.1 Å². The first-order valence-electron chi connectivity index (χ1n) is 22.7. The monoisotopic (exact) mass is 1070 g/mol. The van der Waals surface area contributed by atoms with Gasteiger partial charge < -0.3 is 82.8 Å². The largest absolute Gasteiger partial charge is 0.504 e. The molecule has 6 N–H and O–H groups in total. The van der Waals surface area contributed by atoms with Gasteiger partial charge in [0, 0.05) is 37.3 Å². The molecule has 0 saturated heterocycles. The number of nitrogens with one attached hydrogen (secondary N) is 3. The van der Waals surface area contributed by atoms with Crippen molar-refractivity contribution in [3.63, 3.8) is 0 Å². The summed E-state index contributed by atoms with van der Waals surface area (Å²) in [6.07, 6.45) is 7.19. The number of aliphatic carboxylic acids is 2. The predicted molar refractivity (Wildman–Crippen MR) is 257 cm³/mol. The fourth-order valence-corrected chi connectivity index (χ4v) is 8.55. The summed E-state index contributed by atoms with van der Waals surface area (Å²) in [5, 5.41) is 34.7. The summed E-state index contributed by atoms with van der Waals surface area (Å²) >= 11 is 0. The van der Waals surface area contributed by atoms with Crippen molar-refractivity contribution in [3.05, 3.63) is 117 Å². The number of carbonyl (C=O) groups is 5. The van der Waals surface area contributed by atoms with E-state index in [0.717, 1.165) is 46.6 Å². The molecule has 3 amide bonds. The van der Waals surface area contributed by atoms with Gasteiger partial charge in [-0.3, -0.25) is 14.4 Å². The Labute approximate surface area is 429 Å². The van der Waals surface area contributed by atoms with Crippen LogP contribution in [0, 0.1) is 0 Å². The molecule has 396 valence electrons. The van der Waals surface area contributed by atoms with Crippen LogP contribution in [-0.2, 0) is 39.4 Å². The molecule has 0 aromatic heterocycles. The maximum atomic E-state index is 12.8. The molecule has 0 saturated carbocycles. The van der Waals surface area contributed by atoms with Crippen LogP contribution in [0.25, 0.3) is 12.2 Å². The number of halogens is 1. The molecular formula is C50H42FN3O21S. The van der Waals surface area contributed by atoms with Crippen molar-refractivity contribution in [1.29, 1.82) is 0 Å². The summed E-state index contributed by atoms with van der Waals surface area (Å²) in [6, 6.07) is 17.5. The third-order valence-corrected chi connectivity index (χ3v) is 11.9. The number of phenols is 1. The third kappa shape index (κ3) is 11.9. The van der Waals surface area contributed by atoms with E-state index in [2.05, 4.69) is 20.1 Å². The van der Waals surface area contributed by atoms with Crippen molar-refractivity contribution in [3.8, 4) is 69.0 Å². The first-order chi connectivity index (χ1) is 36.6. The number of hydrogen-bond donors (Lipinski definition) is 6. The van der Waals surface area contributed by atoms with Gasteiger partial charge in [-0.2, -0.15) is 8.42 Å². The van der Waals surface area contributed by atoms with Crippen LogP contribution in [0.15, 0.2) is 72.8 Å². The van der Waals surface area contributed by atoms with Crippen LogP contribution in [0.4, 0.5) is 3.89 Å². The van der Waals surface area contributed by atoms with Gasteiger partial charge in [0.25, 0.3) is 17.7 Å². The SMILES string of the molecule is O=C(O)/C=C/c1ccc2c(c1)OCO2.O=C(O)/C=C/c1ccc2c(c1)OCO2.O=C1NCCc2cc3c(c(O)c21)OCO3.O=C1NCCc2cc3c(c(OS(=O)(=O)F)c21)OCO3.O=C1NCCc2cc3c(cc21)OCO3. The molecule has 76 heavy (non-hydrogen) atoms. The topological polar surface area (TPSA) is 318 Å². The van der Waals surface area contributed by atoms with E-state index in [-0.39, 0.29) is 74.3 Å². The summed E-state index contributed by atoms with van der Waals surface area (Å²) in [5.41, 5.74) is 4.89. The van der Waals surface area contributed by atoms with Crippen LogP contribution in [-0.4, -0.2) is 107 Å². The molecule has 26 heteroatoms. The number of fused-ring (bicyclic) bond motifs is 8. The molecular weight excluding hydrogens is 1030 g/mol. The Morgan fingerprint density at radius 2 is 0.921 bits per heavy atom. The number of carboxylic acids is 2. The second-order valence-electron chi connectivity index (χ2n) is 16.4. The highest BCUT2D eigenvalue weighted by atomic mass is 32.3.